The molecule has 0 N–H and O–H groups in total. The molecule has 0 aromatic heterocycles. The van der Waals surface area contributed by atoms with Gasteiger partial charge in [0.25, 0.3) is 0 Å². The first-order valence-electron chi connectivity index (χ1n) is 10.2. The zero-order valence-electron chi connectivity index (χ0n) is 16.3. The molecule has 1 unspecified atom stereocenters. The number of alkyl halides is 1. The molecule has 0 heterocycles. The fourth-order valence-corrected chi connectivity index (χ4v) is 5.26. The molecule has 1 atom stereocenters. The van der Waals surface area contributed by atoms with E-state index in [1.165, 1.54) is 65.5 Å². The van der Waals surface area contributed by atoms with Crippen LogP contribution in [0.15, 0.2) is 71.2 Å². The fourth-order valence-electron chi connectivity index (χ4n) is 4.60. The van der Waals surface area contributed by atoms with Crippen LogP contribution < -0.4 is 0 Å². The lowest BCUT2D eigenvalue weighted by Gasteiger charge is -2.28. The van der Waals surface area contributed by atoms with Crippen molar-refractivity contribution < 1.29 is 0 Å². The molecule has 0 aliphatic heterocycles. The van der Waals surface area contributed by atoms with Crippen LogP contribution in [0, 0.1) is 0 Å². The summed E-state index contributed by atoms with van der Waals surface area (Å²) in [5.74, 6) is 0. The third-order valence-electron chi connectivity index (χ3n) is 6.16. The number of unbranched alkanes of at least 4 members (excludes halogenated alkanes) is 3. The Morgan fingerprint density at radius 1 is 0.714 bits per heavy atom. The monoisotopic (exact) mass is 496 g/mol. The van der Waals surface area contributed by atoms with Crippen LogP contribution in [0.2, 0.25) is 0 Å². The Labute approximate surface area is 185 Å². The van der Waals surface area contributed by atoms with Crippen LogP contribution in [0.3, 0.4) is 0 Å². The van der Waals surface area contributed by atoms with E-state index in [-0.39, 0.29) is 5.41 Å². The van der Waals surface area contributed by atoms with E-state index >= 15 is 0 Å². The van der Waals surface area contributed by atoms with E-state index in [9.17, 15) is 0 Å². The molecule has 1 aliphatic carbocycles. The number of benzene rings is 3. The molecule has 3 aromatic rings. The highest BCUT2D eigenvalue weighted by Crippen LogP contribution is 2.52. The number of rotatable bonds is 7. The molecule has 0 saturated carbocycles. The van der Waals surface area contributed by atoms with Gasteiger partial charge in [-0.05, 0) is 64.4 Å². The van der Waals surface area contributed by atoms with Crippen LogP contribution in [-0.4, -0.2) is 5.33 Å². The van der Waals surface area contributed by atoms with E-state index in [2.05, 4.69) is 106 Å². The molecule has 0 amide bonds. The Hall–Kier alpha value is -1.38. The largest absolute Gasteiger partial charge is 0.0928 e. The highest BCUT2D eigenvalue weighted by Gasteiger charge is 2.38. The lowest BCUT2D eigenvalue weighted by Crippen LogP contribution is -2.20. The molecule has 144 valence electrons. The molecule has 28 heavy (non-hydrogen) atoms. The van der Waals surface area contributed by atoms with Gasteiger partial charge in [-0.3, -0.25) is 0 Å². The van der Waals surface area contributed by atoms with Crippen LogP contribution in [0.1, 0.15) is 50.2 Å². The van der Waals surface area contributed by atoms with Gasteiger partial charge in [-0.1, -0.05) is 107 Å². The van der Waals surface area contributed by atoms with E-state index in [1.807, 2.05) is 0 Å². The van der Waals surface area contributed by atoms with Crippen molar-refractivity contribution in [1.82, 2.24) is 0 Å². The molecule has 0 nitrogen and oxygen atoms in total. The first-order valence-corrected chi connectivity index (χ1v) is 12.1. The first-order chi connectivity index (χ1) is 13.6. The minimum atomic E-state index is 0.103. The third-order valence-corrected chi connectivity index (χ3v) is 7.25. The van der Waals surface area contributed by atoms with Gasteiger partial charge >= 0.3 is 0 Å². The molecule has 3 aromatic carbocycles. The topological polar surface area (TPSA) is 0 Å². The summed E-state index contributed by atoms with van der Waals surface area (Å²) in [4.78, 5) is 0. The van der Waals surface area contributed by atoms with Gasteiger partial charge in [-0.25, -0.2) is 0 Å². The first kappa shape index (κ1) is 19.9. The summed E-state index contributed by atoms with van der Waals surface area (Å²) in [6.45, 7) is 2.45. The number of halogens is 2. The summed E-state index contributed by atoms with van der Waals surface area (Å²) in [7, 11) is 0. The molecule has 0 saturated heterocycles. The fraction of sp³-hybridized carbons (Fsp3) is 0.308. The molecule has 0 radical (unpaired) electrons. The third kappa shape index (κ3) is 3.74. The van der Waals surface area contributed by atoms with Gasteiger partial charge in [0, 0.05) is 15.2 Å². The van der Waals surface area contributed by atoms with Crippen molar-refractivity contribution in [2.75, 3.05) is 5.33 Å². The Bertz CT molecular complexity index is 958. The average Bonchev–Trinajstić information content (AvgIpc) is 2.97. The Balaban J connectivity index is 1.71. The maximum absolute atomic E-state index is 3.55. The SMILES string of the molecule is CC1(CCCCCCBr)c2ccccc2-c2ccc(-c3ccc(Br)cc3)cc21. The molecule has 0 bridgehead atoms. The summed E-state index contributed by atoms with van der Waals surface area (Å²) >= 11 is 7.10. The minimum Gasteiger partial charge on any atom is -0.0928 e. The Morgan fingerprint density at radius 2 is 1.39 bits per heavy atom. The maximum atomic E-state index is 3.55. The molecule has 1 aliphatic rings. The standard InChI is InChI=1S/C26H26Br2/c1-26(16-6-2-3-7-17-27)24-9-5-4-8-22(24)23-15-12-20(18-25(23)26)19-10-13-21(28)14-11-19/h4-5,8-15,18H,2-3,6-7,16-17H2,1H3. The summed E-state index contributed by atoms with van der Waals surface area (Å²) < 4.78 is 1.12. The van der Waals surface area contributed by atoms with Crippen LogP contribution in [0.25, 0.3) is 22.3 Å². The van der Waals surface area contributed by atoms with Crippen LogP contribution in [0.4, 0.5) is 0 Å². The Kier molecular flexibility index (Phi) is 6.08. The van der Waals surface area contributed by atoms with Crippen molar-refractivity contribution in [2.45, 2.75) is 44.4 Å². The van der Waals surface area contributed by atoms with Gasteiger partial charge in [0.15, 0.2) is 0 Å². The molecule has 0 fully saturated rings. The van der Waals surface area contributed by atoms with Crippen molar-refractivity contribution in [2.24, 2.45) is 0 Å². The van der Waals surface area contributed by atoms with E-state index in [0.717, 1.165) is 9.80 Å². The molecule has 4 rings (SSSR count). The van der Waals surface area contributed by atoms with Gasteiger partial charge in [-0.2, -0.15) is 0 Å². The highest BCUT2D eigenvalue weighted by atomic mass is 79.9. The van der Waals surface area contributed by atoms with Gasteiger partial charge in [-0.15, -0.1) is 0 Å². The van der Waals surface area contributed by atoms with Crippen LogP contribution in [-0.2, 0) is 5.41 Å². The van der Waals surface area contributed by atoms with E-state index in [1.54, 1.807) is 0 Å². The number of hydrogen-bond donors (Lipinski definition) is 0. The molecular weight excluding hydrogens is 472 g/mol. The number of hydrogen-bond acceptors (Lipinski definition) is 0. The molecular formula is C26H26Br2. The smallest absolute Gasteiger partial charge is 0.0187 e. The zero-order valence-corrected chi connectivity index (χ0v) is 19.5. The summed E-state index contributed by atoms with van der Waals surface area (Å²) in [5, 5.41) is 1.12. The predicted molar refractivity (Wildman–Crippen MR) is 128 cm³/mol. The molecule has 0 spiro atoms. The van der Waals surface area contributed by atoms with Crippen molar-refractivity contribution in [3.63, 3.8) is 0 Å². The maximum Gasteiger partial charge on any atom is 0.0187 e. The summed E-state index contributed by atoms with van der Waals surface area (Å²) in [6, 6.07) is 24.7. The highest BCUT2D eigenvalue weighted by molar-refractivity contribution is 9.10. The van der Waals surface area contributed by atoms with Gasteiger partial charge < -0.3 is 0 Å². The summed E-state index contributed by atoms with van der Waals surface area (Å²) in [6.07, 6.45) is 6.39. The number of fused-ring (bicyclic) bond motifs is 3. The van der Waals surface area contributed by atoms with Crippen LogP contribution in [0.5, 0.6) is 0 Å². The second kappa shape index (κ2) is 8.55. The zero-order chi connectivity index (χ0) is 19.6. The van der Waals surface area contributed by atoms with E-state index in [0.29, 0.717) is 0 Å². The quantitative estimate of drug-likeness (QED) is 0.226. The predicted octanol–water partition coefficient (Wildman–Crippen LogP) is 8.75. The average molecular weight is 498 g/mol. The summed E-state index contributed by atoms with van der Waals surface area (Å²) in [5.41, 5.74) is 8.52. The molecule has 2 heteroatoms. The van der Waals surface area contributed by atoms with E-state index < -0.39 is 0 Å². The van der Waals surface area contributed by atoms with Crippen molar-refractivity contribution in [1.29, 1.82) is 0 Å². The lowest BCUT2D eigenvalue weighted by molar-refractivity contribution is 0.488. The minimum absolute atomic E-state index is 0.103. The van der Waals surface area contributed by atoms with Crippen LogP contribution >= 0.6 is 31.9 Å². The van der Waals surface area contributed by atoms with Gasteiger partial charge in [0.05, 0.1) is 0 Å². The van der Waals surface area contributed by atoms with Gasteiger partial charge in [0.2, 0.25) is 0 Å². The van der Waals surface area contributed by atoms with E-state index in [4.69, 9.17) is 0 Å². The second-order valence-electron chi connectivity index (χ2n) is 8.00. The van der Waals surface area contributed by atoms with Crippen molar-refractivity contribution in [3.05, 3.63) is 82.3 Å². The Morgan fingerprint density at radius 3 is 2.18 bits per heavy atom. The normalized spacial score (nSPS) is 17.4. The van der Waals surface area contributed by atoms with Crippen molar-refractivity contribution >= 4 is 31.9 Å². The second-order valence-corrected chi connectivity index (χ2v) is 9.71. The lowest BCUT2D eigenvalue weighted by atomic mass is 9.75. The van der Waals surface area contributed by atoms with Crippen molar-refractivity contribution in [3.8, 4) is 22.3 Å². The van der Waals surface area contributed by atoms with Gasteiger partial charge in [0.1, 0.15) is 0 Å².